The van der Waals surface area contributed by atoms with Crippen LogP contribution in [0.4, 0.5) is 0 Å². The number of rotatable bonds is 6. The fourth-order valence-corrected chi connectivity index (χ4v) is 2.55. The molecule has 1 atom stereocenters. The standard InChI is InChI=1S/C19H21ClO8/c1-6-25-16(21)10(2)26-15-9-13(20)11(8-14(15)24-5)7-12-17(22)27-19(3,4)28-18(12)23/h7-10H,6H2,1-5H3. The van der Waals surface area contributed by atoms with Gasteiger partial charge in [-0.25, -0.2) is 14.4 Å². The number of esters is 3. The summed E-state index contributed by atoms with van der Waals surface area (Å²) in [6, 6.07) is 2.87. The van der Waals surface area contributed by atoms with Crippen LogP contribution in [0.1, 0.15) is 33.3 Å². The fraction of sp³-hybridized carbons (Fsp3) is 0.421. The number of halogens is 1. The summed E-state index contributed by atoms with van der Waals surface area (Å²) in [6.07, 6.45) is 0.350. The molecule has 0 radical (unpaired) electrons. The second kappa shape index (κ2) is 8.52. The predicted octanol–water partition coefficient (Wildman–Crippen LogP) is 2.90. The Balaban J connectivity index is 2.34. The molecule has 9 heteroatoms. The number of ether oxygens (including phenoxy) is 5. The maximum Gasteiger partial charge on any atom is 0.348 e. The molecule has 0 amide bonds. The molecule has 152 valence electrons. The van der Waals surface area contributed by atoms with E-state index < -0.39 is 29.8 Å². The minimum absolute atomic E-state index is 0.157. The molecule has 0 bridgehead atoms. The average Bonchev–Trinajstić information content (AvgIpc) is 2.59. The van der Waals surface area contributed by atoms with Crippen LogP contribution >= 0.6 is 11.6 Å². The Bertz CT molecular complexity index is 805. The number of carbonyl (C=O) groups is 3. The van der Waals surface area contributed by atoms with Crippen LogP contribution < -0.4 is 9.47 Å². The van der Waals surface area contributed by atoms with Crippen LogP contribution in [0, 0.1) is 0 Å². The van der Waals surface area contributed by atoms with Crippen LogP contribution in [0.5, 0.6) is 11.5 Å². The molecule has 8 nitrogen and oxygen atoms in total. The minimum atomic E-state index is -1.34. The first-order valence-electron chi connectivity index (χ1n) is 8.47. The number of benzene rings is 1. The van der Waals surface area contributed by atoms with Crippen LogP contribution in [0.15, 0.2) is 17.7 Å². The smallest absolute Gasteiger partial charge is 0.348 e. The van der Waals surface area contributed by atoms with Crippen molar-refractivity contribution in [2.24, 2.45) is 0 Å². The molecule has 0 N–H and O–H groups in total. The summed E-state index contributed by atoms with van der Waals surface area (Å²) in [4.78, 5) is 35.9. The second-order valence-electron chi connectivity index (χ2n) is 6.27. The summed E-state index contributed by atoms with van der Waals surface area (Å²) in [5.74, 6) is -3.09. The molecule has 1 saturated heterocycles. The Morgan fingerprint density at radius 1 is 1.21 bits per heavy atom. The van der Waals surface area contributed by atoms with E-state index in [1.165, 1.54) is 46.1 Å². The third kappa shape index (κ3) is 4.95. The zero-order valence-electron chi connectivity index (χ0n) is 16.2. The fourth-order valence-electron chi connectivity index (χ4n) is 2.35. The lowest BCUT2D eigenvalue weighted by Gasteiger charge is -2.29. The molecule has 1 fully saturated rings. The van der Waals surface area contributed by atoms with Gasteiger partial charge >= 0.3 is 17.9 Å². The molecule has 1 aromatic carbocycles. The molecular formula is C19H21ClO8. The van der Waals surface area contributed by atoms with Gasteiger partial charge in [-0.3, -0.25) is 0 Å². The lowest BCUT2D eigenvalue weighted by Crippen LogP contribution is -2.41. The molecule has 1 heterocycles. The van der Waals surface area contributed by atoms with Gasteiger partial charge < -0.3 is 23.7 Å². The van der Waals surface area contributed by atoms with Crippen LogP contribution in [0.3, 0.4) is 0 Å². The number of cyclic esters (lactones) is 2. The van der Waals surface area contributed by atoms with Crippen LogP contribution in [0.25, 0.3) is 6.08 Å². The summed E-state index contributed by atoms with van der Waals surface area (Å²) in [7, 11) is 1.40. The Labute approximate surface area is 167 Å². The molecule has 0 aliphatic carbocycles. The van der Waals surface area contributed by atoms with Crippen LogP contribution in [-0.2, 0) is 28.6 Å². The molecule has 1 aliphatic rings. The minimum Gasteiger partial charge on any atom is -0.493 e. The van der Waals surface area contributed by atoms with E-state index in [1.54, 1.807) is 6.92 Å². The summed E-state index contributed by atoms with van der Waals surface area (Å²) < 4.78 is 25.8. The van der Waals surface area contributed by atoms with E-state index >= 15 is 0 Å². The van der Waals surface area contributed by atoms with E-state index in [4.69, 9.17) is 35.3 Å². The SMILES string of the molecule is CCOC(=O)C(C)Oc1cc(Cl)c(C=C2C(=O)OC(C)(C)OC2=O)cc1OC. The second-order valence-corrected chi connectivity index (χ2v) is 6.68. The summed E-state index contributed by atoms with van der Waals surface area (Å²) in [5.41, 5.74) is -0.00454. The Morgan fingerprint density at radius 3 is 2.36 bits per heavy atom. The van der Waals surface area contributed by atoms with Crippen molar-refractivity contribution in [1.29, 1.82) is 0 Å². The van der Waals surface area contributed by atoms with Crippen molar-refractivity contribution in [2.75, 3.05) is 13.7 Å². The highest BCUT2D eigenvalue weighted by atomic mass is 35.5. The Morgan fingerprint density at radius 2 is 1.82 bits per heavy atom. The maximum absolute atomic E-state index is 12.1. The number of methoxy groups -OCH3 is 1. The van der Waals surface area contributed by atoms with E-state index in [0.717, 1.165) is 0 Å². The first-order chi connectivity index (χ1) is 13.1. The first kappa shape index (κ1) is 21.6. The van der Waals surface area contributed by atoms with Crippen molar-refractivity contribution < 1.29 is 38.1 Å². The van der Waals surface area contributed by atoms with Crippen molar-refractivity contribution in [3.05, 3.63) is 28.3 Å². The lowest BCUT2D eigenvalue weighted by atomic mass is 10.1. The van der Waals surface area contributed by atoms with Gasteiger partial charge in [-0.2, -0.15) is 0 Å². The van der Waals surface area contributed by atoms with E-state index in [-0.39, 0.29) is 28.7 Å². The highest BCUT2D eigenvalue weighted by molar-refractivity contribution is 6.32. The van der Waals surface area contributed by atoms with Crippen molar-refractivity contribution in [1.82, 2.24) is 0 Å². The highest BCUT2D eigenvalue weighted by Crippen LogP contribution is 2.36. The van der Waals surface area contributed by atoms with Crippen LogP contribution in [0.2, 0.25) is 5.02 Å². The Kier molecular flexibility index (Phi) is 6.56. The van der Waals surface area contributed by atoms with Gasteiger partial charge in [-0.05, 0) is 31.6 Å². The van der Waals surface area contributed by atoms with E-state index in [1.807, 2.05) is 0 Å². The summed E-state index contributed by atoms with van der Waals surface area (Å²) >= 11 is 6.25. The molecule has 1 unspecified atom stereocenters. The molecule has 2 rings (SSSR count). The predicted molar refractivity (Wildman–Crippen MR) is 99.0 cm³/mol. The monoisotopic (exact) mass is 412 g/mol. The van der Waals surface area contributed by atoms with Crippen molar-refractivity contribution in [3.63, 3.8) is 0 Å². The van der Waals surface area contributed by atoms with Crippen LogP contribution in [-0.4, -0.2) is 43.5 Å². The highest BCUT2D eigenvalue weighted by Gasteiger charge is 2.39. The summed E-state index contributed by atoms with van der Waals surface area (Å²) in [6.45, 7) is 6.34. The largest absolute Gasteiger partial charge is 0.493 e. The third-order valence-corrected chi connectivity index (χ3v) is 3.95. The Hall–Kier alpha value is -2.74. The molecular weight excluding hydrogens is 392 g/mol. The van der Waals surface area contributed by atoms with Gasteiger partial charge in [0.05, 0.1) is 18.7 Å². The summed E-state index contributed by atoms with van der Waals surface area (Å²) in [5, 5.41) is 0.157. The van der Waals surface area contributed by atoms with Gasteiger partial charge in [-0.15, -0.1) is 0 Å². The zero-order valence-corrected chi connectivity index (χ0v) is 16.9. The zero-order chi connectivity index (χ0) is 21.1. The first-order valence-corrected chi connectivity index (χ1v) is 8.85. The molecule has 28 heavy (non-hydrogen) atoms. The van der Waals surface area contributed by atoms with Crippen molar-refractivity contribution >= 4 is 35.6 Å². The molecule has 1 aromatic rings. The molecule has 0 aromatic heterocycles. The van der Waals surface area contributed by atoms with Crippen molar-refractivity contribution in [2.45, 2.75) is 39.6 Å². The molecule has 0 spiro atoms. The topological polar surface area (TPSA) is 97.4 Å². The van der Waals surface area contributed by atoms with Gasteiger partial charge in [0.2, 0.25) is 0 Å². The molecule has 1 aliphatic heterocycles. The third-order valence-electron chi connectivity index (χ3n) is 3.62. The maximum atomic E-state index is 12.1. The van der Waals surface area contributed by atoms with Crippen molar-refractivity contribution in [3.8, 4) is 11.5 Å². The van der Waals surface area contributed by atoms with Gasteiger partial charge in [0.1, 0.15) is 5.57 Å². The average molecular weight is 413 g/mol. The number of hydrogen-bond donors (Lipinski definition) is 0. The van der Waals surface area contributed by atoms with E-state index in [9.17, 15) is 14.4 Å². The van der Waals surface area contributed by atoms with Gasteiger partial charge in [0, 0.05) is 19.9 Å². The molecule has 0 saturated carbocycles. The number of carbonyl (C=O) groups excluding carboxylic acids is 3. The number of hydrogen-bond acceptors (Lipinski definition) is 8. The van der Waals surface area contributed by atoms with Gasteiger partial charge in [0.15, 0.2) is 17.6 Å². The van der Waals surface area contributed by atoms with Gasteiger partial charge in [0.25, 0.3) is 5.79 Å². The van der Waals surface area contributed by atoms with Gasteiger partial charge in [-0.1, -0.05) is 11.6 Å². The quantitative estimate of drug-likeness (QED) is 0.399. The van der Waals surface area contributed by atoms with E-state index in [0.29, 0.717) is 5.56 Å². The van der Waals surface area contributed by atoms with E-state index in [2.05, 4.69) is 0 Å². The normalized spacial score (nSPS) is 16.6. The lowest BCUT2D eigenvalue weighted by molar-refractivity contribution is -0.222.